The van der Waals surface area contributed by atoms with Crippen molar-refractivity contribution in [2.75, 3.05) is 31.6 Å². The van der Waals surface area contributed by atoms with Crippen LogP contribution in [0.15, 0.2) is 18.3 Å². The topological polar surface area (TPSA) is 61.2 Å². The van der Waals surface area contributed by atoms with E-state index < -0.39 is 0 Å². The van der Waals surface area contributed by atoms with Gasteiger partial charge in [-0.3, -0.25) is 4.90 Å². The third-order valence-corrected chi connectivity index (χ3v) is 3.29. The Labute approximate surface area is 114 Å². The van der Waals surface area contributed by atoms with Gasteiger partial charge in [-0.05, 0) is 31.9 Å². The molecule has 1 saturated heterocycles. The molecule has 0 saturated carbocycles. The van der Waals surface area contributed by atoms with Gasteiger partial charge in [-0.25, -0.2) is 4.98 Å². The van der Waals surface area contributed by atoms with Crippen LogP contribution >= 0.6 is 0 Å². The Hall–Kier alpha value is -1.80. The van der Waals surface area contributed by atoms with E-state index in [1.54, 1.807) is 6.20 Å². The summed E-state index contributed by atoms with van der Waals surface area (Å²) >= 11 is 0. The van der Waals surface area contributed by atoms with Gasteiger partial charge in [0.1, 0.15) is 0 Å². The predicted octanol–water partition coefficient (Wildman–Crippen LogP) is 1.88. The summed E-state index contributed by atoms with van der Waals surface area (Å²) < 4.78 is 5.56. The molecule has 0 radical (unpaired) electrons. The molecule has 0 atom stereocenters. The third-order valence-electron chi connectivity index (χ3n) is 3.29. The fraction of sp³-hybridized carbons (Fsp3) is 0.571. The van der Waals surface area contributed by atoms with E-state index in [1.807, 2.05) is 19.1 Å². The smallest absolute Gasteiger partial charge is 0.168 e. The quantitative estimate of drug-likeness (QED) is 0.819. The van der Waals surface area contributed by atoms with Gasteiger partial charge in [-0.2, -0.15) is 5.26 Å². The fourth-order valence-electron chi connectivity index (χ4n) is 2.30. The second-order valence-electron chi connectivity index (χ2n) is 4.64. The van der Waals surface area contributed by atoms with Crippen molar-refractivity contribution in [1.82, 2.24) is 9.88 Å². The number of nitrogens with zero attached hydrogens (tertiary/aromatic N) is 3. The Kier molecular flexibility index (Phi) is 4.99. The number of rotatable bonds is 5. The number of ether oxygens (including phenoxy) is 1. The van der Waals surface area contributed by atoms with Crippen molar-refractivity contribution in [1.29, 1.82) is 5.26 Å². The molecule has 5 nitrogen and oxygen atoms in total. The standard InChI is InChI=1S/C14H20N4O/c1-2-19-13-4-3-8-16-14(13)17-12-5-9-18(10-6-12)11-7-15/h3-4,8,12H,2,5-6,9-11H2,1H3,(H,16,17). The maximum atomic E-state index is 8.68. The van der Waals surface area contributed by atoms with Crippen LogP contribution in [0.25, 0.3) is 0 Å². The van der Waals surface area contributed by atoms with Crippen molar-refractivity contribution < 1.29 is 4.74 Å². The molecular formula is C14H20N4O. The number of pyridine rings is 1. The van der Waals surface area contributed by atoms with Gasteiger partial charge in [0.15, 0.2) is 11.6 Å². The summed E-state index contributed by atoms with van der Waals surface area (Å²) in [6.07, 6.45) is 3.84. The van der Waals surface area contributed by atoms with Crippen molar-refractivity contribution in [2.24, 2.45) is 0 Å². The van der Waals surface area contributed by atoms with Gasteiger partial charge < -0.3 is 10.1 Å². The third kappa shape index (κ3) is 3.83. The van der Waals surface area contributed by atoms with E-state index in [9.17, 15) is 0 Å². The Morgan fingerprint density at radius 1 is 1.53 bits per heavy atom. The summed E-state index contributed by atoms with van der Waals surface area (Å²) in [6, 6.07) is 6.42. The van der Waals surface area contributed by atoms with Gasteiger partial charge in [0.2, 0.25) is 0 Å². The predicted molar refractivity (Wildman–Crippen MR) is 74.1 cm³/mol. The lowest BCUT2D eigenvalue weighted by atomic mass is 10.1. The largest absolute Gasteiger partial charge is 0.490 e. The minimum absolute atomic E-state index is 0.407. The molecule has 0 aliphatic carbocycles. The number of aromatic nitrogens is 1. The summed E-state index contributed by atoms with van der Waals surface area (Å²) in [6.45, 7) is 5.06. The lowest BCUT2D eigenvalue weighted by Crippen LogP contribution is -2.39. The van der Waals surface area contributed by atoms with Gasteiger partial charge in [-0.15, -0.1) is 0 Å². The summed E-state index contributed by atoms with van der Waals surface area (Å²) in [5.74, 6) is 1.63. The minimum Gasteiger partial charge on any atom is -0.490 e. The highest BCUT2D eigenvalue weighted by Gasteiger charge is 2.19. The number of nitriles is 1. The first-order chi connectivity index (χ1) is 9.33. The minimum atomic E-state index is 0.407. The maximum Gasteiger partial charge on any atom is 0.168 e. The molecule has 0 bridgehead atoms. The SMILES string of the molecule is CCOc1cccnc1NC1CCN(CC#N)CC1. The number of hydrogen-bond donors (Lipinski definition) is 1. The Bertz CT molecular complexity index is 435. The molecular weight excluding hydrogens is 240 g/mol. The van der Waals surface area contributed by atoms with Crippen LogP contribution in [0.3, 0.4) is 0 Å². The number of anilines is 1. The van der Waals surface area contributed by atoms with E-state index in [4.69, 9.17) is 10.00 Å². The van der Waals surface area contributed by atoms with E-state index in [0.29, 0.717) is 19.2 Å². The molecule has 1 aliphatic rings. The molecule has 0 spiro atoms. The van der Waals surface area contributed by atoms with E-state index in [2.05, 4.69) is 21.3 Å². The highest BCUT2D eigenvalue weighted by Crippen LogP contribution is 2.23. The van der Waals surface area contributed by atoms with Gasteiger partial charge in [-0.1, -0.05) is 0 Å². The summed E-state index contributed by atoms with van der Waals surface area (Å²) in [5, 5.41) is 12.1. The number of piperidine rings is 1. The molecule has 5 heteroatoms. The van der Waals surface area contributed by atoms with Crippen LogP contribution in [0.2, 0.25) is 0 Å². The normalized spacial score (nSPS) is 16.8. The highest BCUT2D eigenvalue weighted by molar-refractivity contribution is 5.50. The Balaban J connectivity index is 1.90. The molecule has 1 fully saturated rings. The molecule has 0 unspecified atom stereocenters. The second-order valence-corrected chi connectivity index (χ2v) is 4.64. The second kappa shape index (κ2) is 6.95. The van der Waals surface area contributed by atoms with Crippen LogP contribution in [0.5, 0.6) is 5.75 Å². The van der Waals surface area contributed by atoms with Crippen LogP contribution < -0.4 is 10.1 Å². The summed E-state index contributed by atoms with van der Waals surface area (Å²) in [5.41, 5.74) is 0. The highest BCUT2D eigenvalue weighted by atomic mass is 16.5. The molecule has 2 rings (SSSR count). The van der Waals surface area contributed by atoms with Crippen LogP contribution in [-0.2, 0) is 0 Å². The lowest BCUT2D eigenvalue weighted by Gasteiger charge is -2.31. The van der Waals surface area contributed by atoms with Crippen molar-refractivity contribution in [3.8, 4) is 11.8 Å². The summed E-state index contributed by atoms with van der Waals surface area (Å²) in [7, 11) is 0. The molecule has 1 aliphatic heterocycles. The van der Waals surface area contributed by atoms with Gasteiger partial charge >= 0.3 is 0 Å². The molecule has 102 valence electrons. The average molecular weight is 260 g/mol. The van der Waals surface area contributed by atoms with Gasteiger partial charge in [0, 0.05) is 25.3 Å². The zero-order chi connectivity index (χ0) is 13.5. The fourth-order valence-corrected chi connectivity index (χ4v) is 2.30. The van der Waals surface area contributed by atoms with Crippen LogP contribution in [0.4, 0.5) is 5.82 Å². The number of likely N-dealkylation sites (tertiary alicyclic amines) is 1. The van der Waals surface area contributed by atoms with Crippen LogP contribution in [0, 0.1) is 11.3 Å². The molecule has 1 aromatic heterocycles. The first-order valence-electron chi connectivity index (χ1n) is 6.77. The number of nitrogens with one attached hydrogen (secondary N) is 1. The van der Waals surface area contributed by atoms with E-state index in [0.717, 1.165) is 37.5 Å². The first kappa shape index (κ1) is 13.6. The zero-order valence-electron chi connectivity index (χ0n) is 11.3. The molecule has 1 aromatic rings. The maximum absolute atomic E-state index is 8.68. The van der Waals surface area contributed by atoms with E-state index >= 15 is 0 Å². The molecule has 19 heavy (non-hydrogen) atoms. The van der Waals surface area contributed by atoms with Crippen LogP contribution in [0.1, 0.15) is 19.8 Å². The Morgan fingerprint density at radius 2 is 2.32 bits per heavy atom. The van der Waals surface area contributed by atoms with Gasteiger partial charge in [0.05, 0.1) is 19.2 Å². The molecule has 0 amide bonds. The van der Waals surface area contributed by atoms with E-state index in [1.165, 1.54) is 0 Å². The van der Waals surface area contributed by atoms with E-state index in [-0.39, 0.29) is 0 Å². The molecule has 2 heterocycles. The molecule has 0 aromatic carbocycles. The molecule has 1 N–H and O–H groups in total. The average Bonchev–Trinajstić information content (AvgIpc) is 2.44. The van der Waals surface area contributed by atoms with Crippen molar-refractivity contribution in [2.45, 2.75) is 25.8 Å². The number of hydrogen-bond acceptors (Lipinski definition) is 5. The monoisotopic (exact) mass is 260 g/mol. The Morgan fingerprint density at radius 3 is 3.00 bits per heavy atom. The van der Waals surface area contributed by atoms with Crippen LogP contribution in [-0.4, -0.2) is 42.2 Å². The van der Waals surface area contributed by atoms with Gasteiger partial charge in [0.25, 0.3) is 0 Å². The van der Waals surface area contributed by atoms with Crippen molar-refractivity contribution >= 4 is 5.82 Å². The summed E-state index contributed by atoms with van der Waals surface area (Å²) in [4.78, 5) is 6.53. The van der Waals surface area contributed by atoms with Crippen molar-refractivity contribution in [3.63, 3.8) is 0 Å². The zero-order valence-corrected chi connectivity index (χ0v) is 11.3. The first-order valence-corrected chi connectivity index (χ1v) is 6.77. The lowest BCUT2D eigenvalue weighted by molar-refractivity contribution is 0.242. The van der Waals surface area contributed by atoms with Crippen molar-refractivity contribution in [3.05, 3.63) is 18.3 Å².